The van der Waals surface area contributed by atoms with Crippen molar-refractivity contribution in [2.75, 3.05) is 0 Å². The number of urea groups is 1. The van der Waals surface area contributed by atoms with Gasteiger partial charge in [-0.3, -0.25) is 14.9 Å². The summed E-state index contributed by atoms with van der Waals surface area (Å²) in [5.41, 5.74) is 5.81. The molecule has 0 bridgehead atoms. The van der Waals surface area contributed by atoms with E-state index in [1.165, 1.54) is 0 Å². The molecule has 3 atom stereocenters. The third kappa shape index (κ3) is 5.37. The molecular formula is C18H26N2O4. The molecule has 1 rings (SSSR count). The summed E-state index contributed by atoms with van der Waals surface area (Å²) in [5.74, 6) is -1.90. The highest BCUT2D eigenvalue weighted by molar-refractivity contribution is 5.97. The fraction of sp³-hybridized carbons (Fsp3) is 0.500. The number of nitrogens with one attached hydrogen (secondary N) is 1. The average molecular weight is 334 g/mol. The Labute approximate surface area is 142 Å². The number of nitrogens with two attached hydrogens (primary N) is 1. The molecule has 0 aromatic heterocycles. The van der Waals surface area contributed by atoms with Gasteiger partial charge in [-0.15, -0.1) is 0 Å². The second-order valence-corrected chi connectivity index (χ2v) is 6.23. The zero-order valence-electron chi connectivity index (χ0n) is 14.6. The lowest BCUT2D eigenvalue weighted by atomic mass is 9.85. The Morgan fingerprint density at radius 3 is 2.17 bits per heavy atom. The Kier molecular flexibility index (Phi) is 7.42. The lowest BCUT2D eigenvalue weighted by Crippen LogP contribution is -2.46. The standard InChI is InChI=1S/C18H26N2O4/c1-5-12(4)14(13-9-7-6-8-10-13)17(22)24-15(11(2)3)16(21)20-18(19)23/h6-12,14-15H,5H2,1-4H3,(H3,19,20,21,23). The fourth-order valence-corrected chi connectivity index (χ4v) is 2.48. The molecule has 24 heavy (non-hydrogen) atoms. The first kappa shape index (κ1) is 19.7. The van der Waals surface area contributed by atoms with Crippen molar-refractivity contribution in [1.82, 2.24) is 5.32 Å². The van der Waals surface area contributed by atoms with Gasteiger partial charge in [0.1, 0.15) is 0 Å². The summed E-state index contributed by atoms with van der Waals surface area (Å²) in [6.07, 6.45) is -0.283. The van der Waals surface area contributed by atoms with Crippen molar-refractivity contribution in [3.63, 3.8) is 0 Å². The van der Waals surface area contributed by atoms with E-state index in [9.17, 15) is 14.4 Å². The Morgan fingerprint density at radius 2 is 1.71 bits per heavy atom. The maximum Gasteiger partial charge on any atom is 0.318 e. The number of hydrogen-bond donors (Lipinski definition) is 2. The molecule has 0 fully saturated rings. The molecule has 0 aliphatic carbocycles. The van der Waals surface area contributed by atoms with E-state index in [1.54, 1.807) is 13.8 Å². The molecule has 6 nitrogen and oxygen atoms in total. The summed E-state index contributed by atoms with van der Waals surface area (Å²) in [6.45, 7) is 7.43. The first-order valence-corrected chi connectivity index (χ1v) is 8.13. The normalized spacial score (nSPS) is 14.5. The molecule has 0 aliphatic rings. The van der Waals surface area contributed by atoms with E-state index < -0.39 is 29.9 Å². The molecule has 0 heterocycles. The zero-order chi connectivity index (χ0) is 18.3. The van der Waals surface area contributed by atoms with E-state index in [1.807, 2.05) is 49.5 Å². The SMILES string of the molecule is CCC(C)C(C(=O)OC(C(=O)NC(N)=O)C(C)C)c1ccccc1. The van der Waals surface area contributed by atoms with Crippen LogP contribution in [0.3, 0.4) is 0 Å². The smallest absolute Gasteiger partial charge is 0.318 e. The Balaban J connectivity index is 3.01. The van der Waals surface area contributed by atoms with Crippen molar-refractivity contribution in [1.29, 1.82) is 0 Å². The number of carbonyl (C=O) groups excluding carboxylic acids is 3. The maximum atomic E-state index is 12.7. The monoisotopic (exact) mass is 334 g/mol. The van der Waals surface area contributed by atoms with Crippen molar-refractivity contribution in [2.45, 2.75) is 46.1 Å². The van der Waals surface area contributed by atoms with Crippen LogP contribution in [0.5, 0.6) is 0 Å². The van der Waals surface area contributed by atoms with Crippen molar-refractivity contribution in [2.24, 2.45) is 17.6 Å². The van der Waals surface area contributed by atoms with E-state index in [2.05, 4.69) is 0 Å². The van der Waals surface area contributed by atoms with Gasteiger partial charge in [0.25, 0.3) is 5.91 Å². The van der Waals surface area contributed by atoms with Crippen LogP contribution in [-0.4, -0.2) is 24.0 Å². The highest BCUT2D eigenvalue weighted by Crippen LogP contribution is 2.29. The van der Waals surface area contributed by atoms with Crippen LogP contribution in [0, 0.1) is 11.8 Å². The minimum absolute atomic E-state index is 0.0481. The number of benzene rings is 1. The lowest BCUT2D eigenvalue weighted by molar-refractivity contribution is -0.160. The maximum absolute atomic E-state index is 12.7. The number of imide groups is 1. The van der Waals surface area contributed by atoms with Gasteiger partial charge in [0, 0.05) is 0 Å². The Hall–Kier alpha value is -2.37. The molecule has 0 radical (unpaired) electrons. The molecule has 0 saturated heterocycles. The first-order chi connectivity index (χ1) is 11.3. The number of primary amides is 1. The molecule has 3 unspecified atom stereocenters. The van der Waals surface area contributed by atoms with Crippen molar-refractivity contribution in [3.8, 4) is 0 Å². The summed E-state index contributed by atoms with van der Waals surface area (Å²) in [7, 11) is 0. The molecule has 0 spiro atoms. The number of carbonyl (C=O) groups is 3. The van der Waals surface area contributed by atoms with Crippen LogP contribution < -0.4 is 11.1 Å². The first-order valence-electron chi connectivity index (χ1n) is 8.13. The lowest BCUT2D eigenvalue weighted by Gasteiger charge is -2.26. The zero-order valence-corrected chi connectivity index (χ0v) is 14.6. The molecular weight excluding hydrogens is 308 g/mol. The minimum Gasteiger partial charge on any atom is -0.451 e. The van der Waals surface area contributed by atoms with Crippen molar-refractivity contribution in [3.05, 3.63) is 35.9 Å². The van der Waals surface area contributed by atoms with Crippen LogP contribution in [0.1, 0.15) is 45.6 Å². The quantitative estimate of drug-likeness (QED) is 0.749. The van der Waals surface area contributed by atoms with Gasteiger partial charge in [-0.05, 0) is 17.4 Å². The molecule has 132 valence electrons. The summed E-state index contributed by atoms with van der Waals surface area (Å²) < 4.78 is 5.46. The van der Waals surface area contributed by atoms with E-state index in [0.29, 0.717) is 0 Å². The van der Waals surface area contributed by atoms with Gasteiger partial charge in [-0.2, -0.15) is 0 Å². The highest BCUT2D eigenvalue weighted by atomic mass is 16.5. The average Bonchev–Trinajstić information content (AvgIpc) is 2.52. The Morgan fingerprint density at radius 1 is 1.12 bits per heavy atom. The summed E-state index contributed by atoms with van der Waals surface area (Å²) in [5, 5.41) is 1.97. The van der Waals surface area contributed by atoms with Crippen LogP contribution in [0.25, 0.3) is 0 Å². The molecule has 0 saturated carbocycles. The summed E-state index contributed by atoms with van der Waals surface area (Å²) >= 11 is 0. The number of hydrogen-bond acceptors (Lipinski definition) is 4. The molecule has 3 N–H and O–H groups in total. The molecule has 3 amide bonds. The van der Waals surface area contributed by atoms with Crippen LogP contribution in [-0.2, 0) is 14.3 Å². The second-order valence-electron chi connectivity index (χ2n) is 6.23. The third-order valence-electron chi connectivity index (χ3n) is 3.98. The third-order valence-corrected chi connectivity index (χ3v) is 3.98. The fourth-order valence-electron chi connectivity index (χ4n) is 2.48. The van der Waals surface area contributed by atoms with Gasteiger partial charge < -0.3 is 10.5 Å². The van der Waals surface area contributed by atoms with Crippen LogP contribution in [0.4, 0.5) is 4.79 Å². The predicted molar refractivity (Wildman–Crippen MR) is 91.1 cm³/mol. The van der Waals surface area contributed by atoms with E-state index >= 15 is 0 Å². The summed E-state index contributed by atoms with van der Waals surface area (Å²) in [4.78, 5) is 35.7. The van der Waals surface area contributed by atoms with Crippen LogP contribution in [0.2, 0.25) is 0 Å². The topological polar surface area (TPSA) is 98.5 Å². The number of amides is 3. The highest BCUT2D eigenvalue weighted by Gasteiger charge is 2.33. The number of esters is 1. The van der Waals surface area contributed by atoms with Gasteiger partial charge in [-0.1, -0.05) is 64.4 Å². The number of ether oxygens (including phenoxy) is 1. The minimum atomic E-state index is -1.07. The van der Waals surface area contributed by atoms with Crippen LogP contribution >= 0.6 is 0 Å². The second kappa shape index (κ2) is 9.05. The molecule has 6 heteroatoms. The van der Waals surface area contributed by atoms with E-state index in [0.717, 1.165) is 12.0 Å². The van der Waals surface area contributed by atoms with Crippen LogP contribution in [0.15, 0.2) is 30.3 Å². The van der Waals surface area contributed by atoms with E-state index in [-0.39, 0.29) is 11.8 Å². The van der Waals surface area contributed by atoms with Gasteiger partial charge in [0.2, 0.25) is 0 Å². The van der Waals surface area contributed by atoms with Gasteiger partial charge in [0.05, 0.1) is 5.92 Å². The van der Waals surface area contributed by atoms with Gasteiger partial charge in [-0.25, -0.2) is 4.79 Å². The Bertz CT molecular complexity index is 572. The largest absolute Gasteiger partial charge is 0.451 e. The van der Waals surface area contributed by atoms with Gasteiger partial charge in [0.15, 0.2) is 6.10 Å². The molecule has 0 aliphatic heterocycles. The molecule has 1 aromatic carbocycles. The predicted octanol–water partition coefficient (Wildman–Crippen LogP) is 2.58. The number of rotatable bonds is 7. The van der Waals surface area contributed by atoms with E-state index in [4.69, 9.17) is 10.5 Å². The van der Waals surface area contributed by atoms with Crippen molar-refractivity contribution >= 4 is 17.9 Å². The van der Waals surface area contributed by atoms with Gasteiger partial charge >= 0.3 is 12.0 Å². The van der Waals surface area contributed by atoms with Crippen molar-refractivity contribution < 1.29 is 19.1 Å². The molecule has 1 aromatic rings. The summed E-state index contributed by atoms with van der Waals surface area (Å²) in [6, 6.07) is 8.36.